The molecule has 0 heterocycles. The molecule has 0 spiro atoms. The van der Waals surface area contributed by atoms with E-state index in [9.17, 15) is 13.2 Å². The zero-order chi connectivity index (χ0) is 22.4. The number of rotatable bonds is 7. The van der Waals surface area contributed by atoms with Gasteiger partial charge < -0.3 is 0 Å². The third-order valence-corrected chi connectivity index (χ3v) is 6.60. The van der Waals surface area contributed by atoms with Crippen molar-refractivity contribution >= 4 is 50.5 Å². The van der Waals surface area contributed by atoms with Crippen LogP contribution in [0.2, 0.25) is 10.0 Å². The van der Waals surface area contributed by atoms with Gasteiger partial charge in [0.15, 0.2) is 0 Å². The van der Waals surface area contributed by atoms with Gasteiger partial charge in [0.1, 0.15) is 6.54 Å². The molecule has 0 aliphatic rings. The number of anilines is 1. The van der Waals surface area contributed by atoms with Crippen LogP contribution in [0.25, 0.3) is 0 Å². The number of nitrogens with zero attached hydrogens (tertiary/aromatic N) is 2. The zero-order valence-electron chi connectivity index (χ0n) is 16.5. The van der Waals surface area contributed by atoms with E-state index in [-0.39, 0.29) is 10.6 Å². The number of benzene rings is 3. The van der Waals surface area contributed by atoms with Gasteiger partial charge in [-0.25, -0.2) is 13.8 Å². The van der Waals surface area contributed by atoms with Crippen molar-refractivity contribution in [2.24, 2.45) is 5.10 Å². The van der Waals surface area contributed by atoms with Crippen LogP contribution >= 0.6 is 23.2 Å². The molecule has 6 nitrogen and oxygen atoms in total. The van der Waals surface area contributed by atoms with Crippen LogP contribution in [0.4, 0.5) is 5.69 Å². The maximum atomic E-state index is 13.2. The average Bonchev–Trinajstić information content (AvgIpc) is 2.76. The van der Waals surface area contributed by atoms with Crippen LogP contribution in [0.3, 0.4) is 0 Å². The number of amides is 1. The van der Waals surface area contributed by atoms with E-state index in [1.807, 2.05) is 0 Å². The Labute approximate surface area is 191 Å². The third kappa shape index (κ3) is 5.85. The van der Waals surface area contributed by atoms with Gasteiger partial charge in [0.05, 0.1) is 16.3 Å². The summed E-state index contributed by atoms with van der Waals surface area (Å²) in [6.45, 7) is 1.24. The molecule has 3 aromatic rings. The standard InChI is InChI=1S/C22H19Cl2N3O3S/c1-16(17-10-12-18(23)13-11-17)25-26-22(28)15-27(20-7-5-6-19(24)14-20)31(29,30)21-8-3-2-4-9-21/h2-14H,15H2,1H3,(H,26,28)/b25-16-. The van der Waals surface area contributed by atoms with Gasteiger partial charge in [-0.05, 0) is 55.0 Å². The molecule has 1 amide bonds. The lowest BCUT2D eigenvalue weighted by Gasteiger charge is -2.23. The van der Waals surface area contributed by atoms with Gasteiger partial charge in [0, 0.05) is 10.0 Å². The van der Waals surface area contributed by atoms with E-state index in [2.05, 4.69) is 10.5 Å². The van der Waals surface area contributed by atoms with E-state index in [0.717, 1.165) is 9.87 Å². The zero-order valence-corrected chi connectivity index (χ0v) is 18.8. The Balaban J connectivity index is 1.86. The Bertz CT molecular complexity index is 1200. The molecule has 0 atom stereocenters. The minimum Gasteiger partial charge on any atom is -0.271 e. The molecule has 0 saturated heterocycles. The maximum absolute atomic E-state index is 13.2. The van der Waals surface area contributed by atoms with Crippen molar-refractivity contribution in [3.8, 4) is 0 Å². The van der Waals surface area contributed by atoms with Crippen LogP contribution in [-0.2, 0) is 14.8 Å². The Morgan fingerprint density at radius 1 is 0.935 bits per heavy atom. The van der Waals surface area contributed by atoms with Crippen LogP contribution in [0.15, 0.2) is 88.9 Å². The number of hydrogen-bond acceptors (Lipinski definition) is 4. The van der Waals surface area contributed by atoms with Gasteiger partial charge in [-0.15, -0.1) is 0 Å². The molecular weight excluding hydrogens is 457 g/mol. The first-order valence-corrected chi connectivity index (χ1v) is 11.4. The van der Waals surface area contributed by atoms with Crippen molar-refractivity contribution in [2.45, 2.75) is 11.8 Å². The minimum absolute atomic E-state index is 0.0589. The summed E-state index contributed by atoms with van der Waals surface area (Å²) in [5.74, 6) is -0.604. The van der Waals surface area contributed by atoms with E-state index in [1.54, 1.807) is 67.6 Å². The fourth-order valence-corrected chi connectivity index (χ4v) is 4.48. The van der Waals surface area contributed by atoms with Crippen LogP contribution < -0.4 is 9.73 Å². The van der Waals surface area contributed by atoms with Crippen molar-refractivity contribution in [3.05, 3.63) is 94.5 Å². The maximum Gasteiger partial charge on any atom is 0.264 e. The van der Waals surface area contributed by atoms with E-state index < -0.39 is 22.5 Å². The van der Waals surface area contributed by atoms with E-state index in [0.29, 0.717) is 15.8 Å². The summed E-state index contributed by atoms with van der Waals surface area (Å²) in [5, 5.41) is 5.01. The number of hydrazone groups is 1. The molecule has 0 fully saturated rings. The average molecular weight is 476 g/mol. The first-order chi connectivity index (χ1) is 14.8. The molecule has 3 rings (SSSR count). The van der Waals surface area contributed by atoms with E-state index >= 15 is 0 Å². The van der Waals surface area contributed by atoms with Crippen LogP contribution in [-0.4, -0.2) is 26.6 Å². The van der Waals surface area contributed by atoms with Gasteiger partial charge >= 0.3 is 0 Å². The van der Waals surface area contributed by atoms with Crippen molar-refractivity contribution in [2.75, 3.05) is 10.8 Å². The third-order valence-electron chi connectivity index (χ3n) is 4.32. The Morgan fingerprint density at radius 3 is 2.26 bits per heavy atom. The SMILES string of the molecule is C/C(=N/NC(=O)CN(c1cccc(Cl)c1)S(=O)(=O)c1ccccc1)c1ccc(Cl)cc1. The Kier molecular flexibility index (Phi) is 7.33. The molecule has 0 unspecified atom stereocenters. The molecule has 31 heavy (non-hydrogen) atoms. The molecule has 1 N–H and O–H groups in total. The van der Waals surface area contributed by atoms with E-state index in [1.165, 1.54) is 18.2 Å². The topological polar surface area (TPSA) is 78.8 Å². The summed E-state index contributed by atoms with van der Waals surface area (Å²) in [6.07, 6.45) is 0. The summed E-state index contributed by atoms with van der Waals surface area (Å²) >= 11 is 11.9. The molecule has 3 aromatic carbocycles. The van der Waals surface area contributed by atoms with Crippen molar-refractivity contribution in [3.63, 3.8) is 0 Å². The molecule has 0 aromatic heterocycles. The number of nitrogens with one attached hydrogen (secondary N) is 1. The van der Waals surface area contributed by atoms with Gasteiger partial charge in [-0.1, -0.05) is 59.6 Å². The van der Waals surface area contributed by atoms with Gasteiger partial charge in [0.25, 0.3) is 15.9 Å². The van der Waals surface area contributed by atoms with Crippen LogP contribution in [0, 0.1) is 0 Å². The quantitative estimate of drug-likeness (QED) is 0.396. The molecule has 0 saturated carbocycles. The van der Waals surface area contributed by atoms with Crippen molar-refractivity contribution in [1.29, 1.82) is 0 Å². The summed E-state index contributed by atoms with van der Waals surface area (Å²) in [5.41, 5.74) is 4.00. The highest BCUT2D eigenvalue weighted by Crippen LogP contribution is 2.25. The lowest BCUT2D eigenvalue weighted by Crippen LogP contribution is -2.39. The van der Waals surface area contributed by atoms with E-state index in [4.69, 9.17) is 23.2 Å². The highest BCUT2D eigenvalue weighted by molar-refractivity contribution is 7.92. The number of halogens is 2. The number of carbonyl (C=O) groups excluding carboxylic acids is 1. The summed E-state index contributed by atoms with van der Waals surface area (Å²) in [6, 6.07) is 21.1. The number of carbonyl (C=O) groups is 1. The Hall–Kier alpha value is -2.87. The lowest BCUT2D eigenvalue weighted by atomic mass is 10.1. The monoisotopic (exact) mass is 475 g/mol. The summed E-state index contributed by atoms with van der Waals surface area (Å²) in [4.78, 5) is 12.7. The number of sulfonamides is 1. The minimum atomic E-state index is -4.01. The highest BCUT2D eigenvalue weighted by atomic mass is 35.5. The molecule has 0 radical (unpaired) electrons. The Morgan fingerprint density at radius 2 is 1.61 bits per heavy atom. The van der Waals surface area contributed by atoms with Crippen LogP contribution in [0.5, 0.6) is 0 Å². The lowest BCUT2D eigenvalue weighted by molar-refractivity contribution is -0.119. The summed E-state index contributed by atoms with van der Waals surface area (Å²) < 4.78 is 27.4. The van der Waals surface area contributed by atoms with Gasteiger partial charge in [0.2, 0.25) is 0 Å². The highest BCUT2D eigenvalue weighted by Gasteiger charge is 2.27. The van der Waals surface area contributed by atoms with Crippen molar-refractivity contribution in [1.82, 2.24) is 5.43 Å². The second kappa shape index (κ2) is 9.96. The number of hydrogen-bond donors (Lipinski definition) is 1. The molecular formula is C22H19Cl2N3O3S. The fourth-order valence-electron chi connectivity index (χ4n) is 2.73. The summed E-state index contributed by atoms with van der Waals surface area (Å²) in [7, 11) is -4.01. The molecule has 9 heteroatoms. The first-order valence-electron chi connectivity index (χ1n) is 9.20. The van der Waals surface area contributed by atoms with Gasteiger partial charge in [-0.3, -0.25) is 9.10 Å². The largest absolute Gasteiger partial charge is 0.271 e. The molecule has 0 bridgehead atoms. The van der Waals surface area contributed by atoms with Crippen LogP contribution in [0.1, 0.15) is 12.5 Å². The van der Waals surface area contributed by atoms with Crippen molar-refractivity contribution < 1.29 is 13.2 Å². The second-order valence-electron chi connectivity index (χ2n) is 6.54. The van der Waals surface area contributed by atoms with Gasteiger partial charge in [-0.2, -0.15) is 5.10 Å². The molecule has 160 valence electrons. The molecule has 0 aliphatic heterocycles. The smallest absolute Gasteiger partial charge is 0.264 e. The predicted molar refractivity (Wildman–Crippen MR) is 124 cm³/mol. The normalized spacial score (nSPS) is 11.8. The fraction of sp³-hybridized carbons (Fsp3) is 0.0909. The first kappa shape index (κ1) is 22.8. The predicted octanol–water partition coefficient (Wildman–Crippen LogP) is 4.73. The molecule has 0 aliphatic carbocycles. The second-order valence-corrected chi connectivity index (χ2v) is 9.28.